The molecule has 0 spiro atoms. The number of carbonyl (C=O) groups is 3. The van der Waals surface area contributed by atoms with Crippen molar-refractivity contribution < 1.29 is 19.1 Å². The van der Waals surface area contributed by atoms with Crippen LogP contribution in [0, 0.1) is 0 Å². The van der Waals surface area contributed by atoms with Crippen LogP contribution in [-0.4, -0.2) is 59.9 Å². The normalized spacial score (nSPS) is 21.1. The zero-order chi connectivity index (χ0) is 20.4. The summed E-state index contributed by atoms with van der Waals surface area (Å²) >= 11 is 0. The Morgan fingerprint density at radius 2 is 1.66 bits per heavy atom. The molecule has 2 heterocycles. The first-order valence-corrected chi connectivity index (χ1v) is 10.4. The summed E-state index contributed by atoms with van der Waals surface area (Å²) < 4.78 is 5.44. The molecule has 1 aromatic rings. The Kier molecular flexibility index (Phi) is 5.67. The molecule has 4 rings (SSSR count). The highest BCUT2D eigenvalue weighted by Crippen LogP contribution is 2.36. The molecule has 1 aromatic carbocycles. The van der Waals surface area contributed by atoms with Gasteiger partial charge in [-0.2, -0.15) is 0 Å². The van der Waals surface area contributed by atoms with Crippen molar-refractivity contribution in [2.75, 3.05) is 31.6 Å². The first-order valence-electron chi connectivity index (χ1n) is 10.4. The number of amides is 3. The number of rotatable bonds is 4. The van der Waals surface area contributed by atoms with Gasteiger partial charge in [0.15, 0.2) is 0 Å². The monoisotopic (exact) mass is 397 g/mol. The molecule has 0 radical (unpaired) electrons. The van der Waals surface area contributed by atoms with Crippen LogP contribution >= 0.6 is 0 Å². The molecule has 7 nitrogen and oxygen atoms in total. The zero-order valence-corrected chi connectivity index (χ0v) is 16.8. The van der Waals surface area contributed by atoms with Crippen molar-refractivity contribution in [3.05, 3.63) is 35.5 Å². The molecule has 1 N–H and O–H groups in total. The van der Waals surface area contributed by atoms with Crippen LogP contribution in [-0.2, 0) is 19.1 Å². The number of morpholine rings is 1. The van der Waals surface area contributed by atoms with E-state index in [4.69, 9.17) is 4.74 Å². The molecular formula is C22H27N3O4. The molecule has 0 bridgehead atoms. The van der Waals surface area contributed by atoms with E-state index >= 15 is 0 Å². The minimum absolute atomic E-state index is 0.0176. The van der Waals surface area contributed by atoms with Gasteiger partial charge in [-0.15, -0.1) is 0 Å². The Bertz CT molecular complexity index is 834. The van der Waals surface area contributed by atoms with E-state index in [-0.39, 0.29) is 23.8 Å². The SMILES string of the molecule is CC(=O)Nc1ccc(C2=C(N3CCOCC3)C(=O)N(C3CCCCC3)C2=O)cc1. The van der Waals surface area contributed by atoms with Gasteiger partial charge in [0, 0.05) is 31.7 Å². The second-order valence-electron chi connectivity index (χ2n) is 7.85. The maximum Gasteiger partial charge on any atom is 0.278 e. The summed E-state index contributed by atoms with van der Waals surface area (Å²) in [6.45, 7) is 3.74. The largest absolute Gasteiger partial charge is 0.378 e. The smallest absolute Gasteiger partial charge is 0.278 e. The minimum atomic E-state index is -0.198. The number of carbonyl (C=O) groups excluding carboxylic acids is 3. The molecule has 2 fully saturated rings. The fourth-order valence-corrected chi connectivity index (χ4v) is 4.47. The minimum Gasteiger partial charge on any atom is -0.378 e. The van der Waals surface area contributed by atoms with E-state index in [1.165, 1.54) is 11.8 Å². The molecule has 1 saturated heterocycles. The van der Waals surface area contributed by atoms with Crippen LogP contribution < -0.4 is 5.32 Å². The van der Waals surface area contributed by atoms with Gasteiger partial charge < -0.3 is 15.0 Å². The third-order valence-corrected chi connectivity index (χ3v) is 5.85. The van der Waals surface area contributed by atoms with Crippen LogP contribution in [0.1, 0.15) is 44.6 Å². The van der Waals surface area contributed by atoms with Gasteiger partial charge in [0.2, 0.25) is 5.91 Å². The summed E-state index contributed by atoms with van der Waals surface area (Å²) in [4.78, 5) is 41.6. The van der Waals surface area contributed by atoms with Crippen molar-refractivity contribution in [3.8, 4) is 0 Å². The Morgan fingerprint density at radius 1 is 1.00 bits per heavy atom. The number of ether oxygens (including phenoxy) is 1. The third-order valence-electron chi connectivity index (χ3n) is 5.85. The fourth-order valence-electron chi connectivity index (χ4n) is 4.47. The van der Waals surface area contributed by atoms with Gasteiger partial charge in [-0.25, -0.2) is 0 Å². The third kappa shape index (κ3) is 3.92. The van der Waals surface area contributed by atoms with Gasteiger partial charge in [0.1, 0.15) is 5.70 Å². The summed E-state index contributed by atoms with van der Waals surface area (Å²) in [7, 11) is 0. The highest BCUT2D eigenvalue weighted by atomic mass is 16.5. The van der Waals surface area contributed by atoms with E-state index < -0.39 is 0 Å². The first-order chi connectivity index (χ1) is 14.1. The molecule has 154 valence electrons. The molecule has 1 saturated carbocycles. The second-order valence-corrected chi connectivity index (χ2v) is 7.85. The average Bonchev–Trinajstić information content (AvgIpc) is 2.99. The van der Waals surface area contributed by atoms with Gasteiger partial charge in [-0.1, -0.05) is 31.4 Å². The maximum absolute atomic E-state index is 13.5. The lowest BCUT2D eigenvalue weighted by Crippen LogP contribution is -2.45. The van der Waals surface area contributed by atoms with E-state index in [0.29, 0.717) is 48.8 Å². The van der Waals surface area contributed by atoms with E-state index in [2.05, 4.69) is 5.32 Å². The van der Waals surface area contributed by atoms with Crippen LogP contribution in [0.5, 0.6) is 0 Å². The van der Waals surface area contributed by atoms with E-state index in [0.717, 1.165) is 32.1 Å². The highest BCUT2D eigenvalue weighted by molar-refractivity contribution is 6.35. The highest BCUT2D eigenvalue weighted by Gasteiger charge is 2.45. The van der Waals surface area contributed by atoms with Crippen molar-refractivity contribution >= 4 is 29.0 Å². The predicted molar refractivity (Wildman–Crippen MR) is 109 cm³/mol. The zero-order valence-electron chi connectivity index (χ0n) is 16.8. The van der Waals surface area contributed by atoms with Crippen molar-refractivity contribution in [1.82, 2.24) is 9.80 Å². The Morgan fingerprint density at radius 3 is 2.28 bits per heavy atom. The van der Waals surface area contributed by atoms with Crippen molar-refractivity contribution in [2.45, 2.75) is 45.1 Å². The number of nitrogens with zero attached hydrogens (tertiary/aromatic N) is 2. The lowest BCUT2D eigenvalue weighted by Gasteiger charge is -2.32. The topological polar surface area (TPSA) is 79.0 Å². The summed E-state index contributed by atoms with van der Waals surface area (Å²) in [6, 6.07) is 7.12. The number of hydrogen-bond donors (Lipinski definition) is 1. The molecule has 2 aliphatic heterocycles. The first kappa shape index (κ1) is 19.6. The quantitative estimate of drug-likeness (QED) is 0.790. The molecule has 7 heteroatoms. The summed E-state index contributed by atoms with van der Waals surface area (Å²) in [6.07, 6.45) is 5.02. The second kappa shape index (κ2) is 8.37. The van der Waals surface area contributed by atoms with Crippen LogP contribution in [0.2, 0.25) is 0 Å². The van der Waals surface area contributed by atoms with Crippen LogP contribution in [0.15, 0.2) is 30.0 Å². The Balaban J connectivity index is 1.70. The lowest BCUT2D eigenvalue weighted by atomic mass is 9.94. The van der Waals surface area contributed by atoms with E-state index in [1.54, 1.807) is 24.3 Å². The molecule has 0 aromatic heterocycles. The Hall–Kier alpha value is -2.67. The maximum atomic E-state index is 13.5. The van der Waals surface area contributed by atoms with Crippen LogP contribution in [0.4, 0.5) is 5.69 Å². The molecular weight excluding hydrogens is 370 g/mol. The molecule has 3 amide bonds. The summed E-state index contributed by atoms with van der Waals surface area (Å²) in [5.41, 5.74) is 2.33. The predicted octanol–water partition coefficient (Wildman–Crippen LogP) is 2.39. The molecule has 1 aliphatic carbocycles. The average molecular weight is 397 g/mol. The van der Waals surface area contributed by atoms with Gasteiger partial charge >= 0.3 is 0 Å². The summed E-state index contributed by atoms with van der Waals surface area (Å²) in [5.74, 6) is -0.526. The number of nitrogens with one attached hydrogen (secondary N) is 1. The fraction of sp³-hybridized carbons (Fsp3) is 0.500. The molecule has 0 unspecified atom stereocenters. The number of imide groups is 1. The molecule has 3 aliphatic rings. The molecule has 29 heavy (non-hydrogen) atoms. The van der Waals surface area contributed by atoms with Crippen LogP contribution in [0.25, 0.3) is 5.57 Å². The number of benzene rings is 1. The molecule has 0 atom stereocenters. The van der Waals surface area contributed by atoms with Crippen molar-refractivity contribution in [2.24, 2.45) is 0 Å². The summed E-state index contributed by atoms with van der Waals surface area (Å²) in [5, 5.41) is 2.73. The van der Waals surface area contributed by atoms with Gasteiger partial charge in [-0.3, -0.25) is 19.3 Å². The van der Waals surface area contributed by atoms with Gasteiger partial charge in [0.25, 0.3) is 11.8 Å². The standard InChI is InChI=1S/C22H27N3O4/c1-15(26)23-17-9-7-16(8-10-17)19-20(24-11-13-29-14-12-24)22(28)25(21(19)27)18-5-3-2-4-6-18/h7-10,18H,2-6,11-14H2,1H3,(H,23,26). The number of hydrogen-bond acceptors (Lipinski definition) is 5. The lowest BCUT2D eigenvalue weighted by molar-refractivity contribution is -0.141. The van der Waals surface area contributed by atoms with Gasteiger partial charge in [0.05, 0.1) is 18.8 Å². The van der Waals surface area contributed by atoms with E-state index in [9.17, 15) is 14.4 Å². The van der Waals surface area contributed by atoms with Crippen LogP contribution in [0.3, 0.4) is 0 Å². The van der Waals surface area contributed by atoms with E-state index in [1.807, 2.05) is 4.90 Å². The number of anilines is 1. The van der Waals surface area contributed by atoms with Crippen molar-refractivity contribution in [3.63, 3.8) is 0 Å². The van der Waals surface area contributed by atoms with Gasteiger partial charge in [-0.05, 0) is 30.5 Å². The Labute approximate surface area is 170 Å². The van der Waals surface area contributed by atoms with Crippen molar-refractivity contribution in [1.29, 1.82) is 0 Å².